The van der Waals surface area contributed by atoms with Crippen LogP contribution in [0.15, 0.2) is 0 Å². The first-order valence-corrected chi connectivity index (χ1v) is 13.7. The zero-order valence-electron chi connectivity index (χ0n) is 20.9. The van der Waals surface area contributed by atoms with Crippen LogP contribution in [0.1, 0.15) is 142 Å². The van der Waals surface area contributed by atoms with Crippen molar-refractivity contribution in [1.82, 2.24) is 0 Å². The fourth-order valence-electron chi connectivity index (χ4n) is 4.23. The van der Waals surface area contributed by atoms with Gasteiger partial charge in [0, 0.05) is 6.42 Å². The number of ether oxygens (including phenoxy) is 3. The van der Waals surface area contributed by atoms with E-state index in [-0.39, 0.29) is 19.0 Å². The van der Waals surface area contributed by atoms with Crippen molar-refractivity contribution < 1.29 is 19.0 Å². The van der Waals surface area contributed by atoms with Gasteiger partial charge in [0.1, 0.15) is 13.2 Å². The molecule has 0 aromatic heterocycles. The molecule has 4 heteroatoms. The third kappa shape index (κ3) is 15.9. The van der Waals surface area contributed by atoms with Crippen molar-refractivity contribution in [3.63, 3.8) is 0 Å². The molecule has 0 aliphatic carbocycles. The highest BCUT2D eigenvalue weighted by atomic mass is 16.9. The Morgan fingerprint density at radius 1 is 0.613 bits per heavy atom. The molecule has 1 heterocycles. The molecule has 0 radical (unpaired) electrons. The number of rotatable bonds is 22. The van der Waals surface area contributed by atoms with E-state index in [1.54, 1.807) is 0 Å². The molecule has 0 atom stereocenters. The maximum atomic E-state index is 11.5. The molecule has 0 saturated carbocycles. The van der Waals surface area contributed by atoms with Crippen LogP contribution in [0.25, 0.3) is 0 Å². The first-order chi connectivity index (χ1) is 15.2. The van der Waals surface area contributed by atoms with Gasteiger partial charge in [-0.25, -0.2) is 0 Å². The lowest BCUT2D eigenvalue weighted by Crippen LogP contribution is -2.47. The van der Waals surface area contributed by atoms with Crippen molar-refractivity contribution >= 4 is 5.78 Å². The predicted molar refractivity (Wildman–Crippen MR) is 129 cm³/mol. The largest absolute Gasteiger partial charge is 0.327 e. The average molecular weight is 441 g/mol. The van der Waals surface area contributed by atoms with E-state index in [1.165, 1.54) is 109 Å². The van der Waals surface area contributed by atoms with Gasteiger partial charge in [0.05, 0.1) is 6.61 Å². The second-order valence-electron chi connectivity index (χ2n) is 9.41. The fourth-order valence-corrected chi connectivity index (χ4v) is 4.23. The summed E-state index contributed by atoms with van der Waals surface area (Å²) in [5.41, 5.74) is 0. The molecule has 4 nitrogen and oxygen atoms in total. The molecule has 0 N–H and O–H groups in total. The Kier molecular flexibility index (Phi) is 18.6. The third-order valence-corrected chi connectivity index (χ3v) is 6.31. The van der Waals surface area contributed by atoms with Gasteiger partial charge in [0.15, 0.2) is 5.78 Å². The molecule has 1 aliphatic heterocycles. The van der Waals surface area contributed by atoms with E-state index >= 15 is 0 Å². The summed E-state index contributed by atoms with van der Waals surface area (Å²) in [6.45, 7) is 5.42. The van der Waals surface area contributed by atoms with E-state index < -0.39 is 5.97 Å². The quantitative estimate of drug-likeness (QED) is 0.159. The summed E-state index contributed by atoms with van der Waals surface area (Å²) in [6.07, 6.45) is 25.4. The number of Topliss-reactive ketones (excluding diaryl/α,β-unsaturated/α-hetero) is 1. The van der Waals surface area contributed by atoms with Gasteiger partial charge in [-0.05, 0) is 12.8 Å². The summed E-state index contributed by atoms with van der Waals surface area (Å²) >= 11 is 0. The van der Waals surface area contributed by atoms with Gasteiger partial charge in [0.2, 0.25) is 0 Å². The standard InChI is InChI=1S/C27H52O4/c1-3-5-7-9-11-13-14-15-16-18-20-22-27(30-24-26(28)25-31-27)29-23-21-19-17-12-10-8-6-4-2/h3-25H2,1-2H3. The SMILES string of the molecule is CCCCCCCCCCCCCC1(OCCCCCCCCCC)OCC(=O)CO1. The second-order valence-corrected chi connectivity index (χ2v) is 9.41. The monoisotopic (exact) mass is 440 g/mol. The Hall–Kier alpha value is -0.450. The third-order valence-electron chi connectivity index (χ3n) is 6.31. The van der Waals surface area contributed by atoms with Gasteiger partial charge in [-0.15, -0.1) is 0 Å². The molecule has 0 aromatic rings. The number of hydrogen-bond donors (Lipinski definition) is 0. The van der Waals surface area contributed by atoms with Gasteiger partial charge in [0.25, 0.3) is 5.97 Å². The topological polar surface area (TPSA) is 44.8 Å². The molecule has 1 rings (SSSR count). The van der Waals surface area contributed by atoms with Gasteiger partial charge in [-0.2, -0.15) is 0 Å². The number of carbonyl (C=O) groups excluding carboxylic acids is 1. The van der Waals surface area contributed by atoms with Crippen LogP contribution >= 0.6 is 0 Å². The molecule has 0 amide bonds. The van der Waals surface area contributed by atoms with Gasteiger partial charge >= 0.3 is 0 Å². The maximum absolute atomic E-state index is 11.5. The Labute approximate surface area is 193 Å². The molecular formula is C27H52O4. The molecule has 31 heavy (non-hydrogen) atoms. The molecule has 0 aromatic carbocycles. The molecule has 1 saturated heterocycles. The van der Waals surface area contributed by atoms with E-state index in [4.69, 9.17) is 14.2 Å². The molecule has 184 valence electrons. The van der Waals surface area contributed by atoms with Gasteiger partial charge in [-0.1, -0.05) is 123 Å². The lowest BCUT2D eigenvalue weighted by Gasteiger charge is -2.36. The van der Waals surface area contributed by atoms with Crippen LogP contribution in [0, 0.1) is 0 Å². The van der Waals surface area contributed by atoms with Crippen molar-refractivity contribution in [3.8, 4) is 0 Å². The Morgan fingerprint density at radius 3 is 1.45 bits per heavy atom. The minimum absolute atomic E-state index is 0.00485. The Bertz CT molecular complexity index is 400. The summed E-state index contributed by atoms with van der Waals surface area (Å²) in [6, 6.07) is 0. The average Bonchev–Trinajstić information content (AvgIpc) is 2.78. The number of hydrogen-bond acceptors (Lipinski definition) is 4. The number of carbonyl (C=O) groups is 1. The van der Waals surface area contributed by atoms with Crippen LogP contribution in [0.2, 0.25) is 0 Å². The van der Waals surface area contributed by atoms with E-state index in [9.17, 15) is 4.79 Å². The molecule has 1 fully saturated rings. The summed E-state index contributed by atoms with van der Waals surface area (Å²) in [5, 5.41) is 0. The lowest BCUT2D eigenvalue weighted by molar-refractivity contribution is -0.389. The van der Waals surface area contributed by atoms with Crippen LogP contribution in [0.4, 0.5) is 0 Å². The minimum atomic E-state index is -0.978. The number of ketones is 1. The first-order valence-electron chi connectivity index (χ1n) is 13.7. The molecule has 0 unspecified atom stereocenters. The summed E-state index contributed by atoms with van der Waals surface area (Å²) in [4.78, 5) is 11.5. The van der Waals surface area contributed by atoms with Gasteiger partial charge < -0.3 is 14.2 Å². The van der Waals surface area contributed by atoms with Crippen LogP contribution in [0.3, 0.4) is 0 Å². The van der Waals surface area contributed by atoms with E-state index in [0.29, 0.717) is 6.61 Å². The van der Waals surface area contributed by atoms with Gasteiger partial charge in [-0.3, -0.25) is 4.79 Å². The predicted octanol–water partition coefficient (Wildman–Crippen LogP) is 8.11. The van der Waals surface area contributed by atoms with Crippen molar-refractivity contribution in [1.29, 1.82) is 0 Å². The zero-order chi connectivity index (χ0) is 22.5. The van der Waals surface area contributed by atoms with E-state index in [0.717, 1.165) is 19.3 Å². The van der Waals surface area contributed by atoms with Crippen LogP contribution in [-0.2, 0) is 19.0 Å². The van der Waals surface area contributed by atoms with Crippen molar-refractivity contribution in [2.45, 2.75) is 148 Å². The van der Waals surface area contributed by atoms with Crippen molar-refractivity contribution in [2.75, 3.05) is 19.8 Å². The maximum Gasteiger partial charge on any atom is 0.283 e. The molecular weight excluding hydrogens is 388 g/mol. The summed E-state index contributed by atoms with van der Waals surface area (Å²) in [7, 11) is 0. The highest BCUT2D eigenvalue weighted by molar-refractivity contribution is 5.81. The smallest absolute Gasteiger partial charge is 0.283 e. The summed E-state index contributed by atoms with van der Waals surface area (Å²) in [5.74, 6) is -0.973. The highest BCUT2D eigenvalue weighted by Crippen LogP contribution is 2.27. The normalized spacial score (nSPS) is 16.1. The zero-order valence-corrected chi connectivity index (χ0v) is 20.9. The van der Waals surface area contributed by atoms with Crippen molar-refractivity contribution in [2.24, 2.45) is 0 Å². The van der Waals surface area contributed by atoms with Crippen LogP contribution in [0.5, 0.6) is 0 Å². The fraction of sp³-hybridized carbons (Fsp3) is 0.963. The lowest BCUT2D eigenvalue weighted by atomic mass is 10.0. The first kappa shape index (κ1) is 28.6. The number of unbranched alkanes of at least 4 members (excludes halogenated alkanes) is 17. The van der Waals surface area contributed by atoms with Crippen LogP contribution in [-0.4, -0.2) is 31.6 Å². The molecule has 0 spiro atoms. The van der Waals surface area contributed by atoms with Crippen molar-refractivity contribution in [3.05, 3.63) is 0 Å². The van der Waals surface area contributed by atoms with E-state index in [1.807, 2.05) is 0 Å². The van der Waals surface area contributed by atoms with Crippen LogP contribution < -0.4 is 0 Å². The Balaban J connectivity index is 2.09. The van der Waals surface area contributed by atoms with E-state index in [2.05, 4.69) is 13.8 Å². The Morgan fingerprint density at radius 2 is 1.00 bits per heavy atom. The molecule has 1 aliphatic rings. The summed E-state index contributed by atoms with van der Waals surface area (Å²) < 4.78 is 17.6. The molecule has 0 bridgehead atoms. The highest BCUT2D eigenvalue weighted by Gasteiger charge is 2.37. The minimum Gasteiger partial charge on any atom is -0.327 e. The second kappa shape index (κ2) is 20.2.